The number of carboxylic acids is 1. The lowest BCUT2D eigenvalue weighted by molar-refractivity contribution is -0.140. The standard InChI is InChI=1S/C30H42N4O3/c1-2-7-22-19-23(12-14-32(22)24-17-20-8-3-4-9-21(16-20)18-24)34-26-11-6-5-10-25(26)31-28(29(34)35)33-15-13-27(33)30(36)37/h5-6,10-11,20-24,27H,2-4,7-9,12-19H2,1H3,(H,36,37)/t20-,21+,22-,23-,24?,27-/m1/s1. The minimum Gasteiger partial charge on any atom is -0.480 e. The number of aliphatic carboxylic acids is 1. The van der Waals surface area contributed by atoms with Crippen LogP contribution in [0.4, 0.5) is 5.82 Å². The van der Waals surface area contributed by atoms with Gasteiger partial charge in [0.2, 0.25) is 0 Å². The van der Waals surface area contributed by atoms with Gasteiger partial charge in [-0.1, -0.05) is 51.2 Å². The van der Waals surface area contributed by atoms with Gasteiger partial charge in [-0.3, -0.25) is 9.69 Å². The number of piperidine rings is 1. The number of aromatic nitrogens is 2. The van der Waals surface area contributed by atoms with E-state index in [1.165, 1.54) is 51.4 Å². The van der Waals surface area contributed by atoms with Crippen LogP contribution in [0.15, 0.2) is 29.1 Å². The van der Waals surface area contributed by atoms with E-state index in [4.69, 9.17) is 0 Å². The number of carboxylic acid groups (broad SMARTS) is 1. The summed E-state index contributed by atoms with van der Waals surface area (Å²) in [6.07, 6.45) is 14.6. The fourth-order valence-corrected chi connectivity index (χ4v) is 8.11. The van der Waals surface area contributed by atoms with Crippen LogP contribution in [0.1, 0.15) is 90.0 Å². The Morgan fingerprint density at radius 1 is 0.973 bits per heavy atom. The molecular weight excluding hydrogens is 464 g/mol. The first kappa shape index (κ1) is 24.9. The highest BCUT2D eigenvalue weighted by Gasteiger charge is 2.41. The third-order valence-corrected chi connectivity index (χ3v) is 9.90. The first-order valence-electron chi connectivity index (χ1n) is 14.8. The second-order valence-corrected chi connectivity index (χ2v) is 12.2. The molecule has 1 unspecified atom stereocenters. The number of para-hydroxylation sites is 2. The lowest BCUT2D eigenvalue weighted by Crippen LogP contribution is -2.55. The quantitative estimate of drug-likeness (QED) is 0.578. The maximum Gasteiger partial charge on any atom is 0.326 e. The van der Waals surface area contributed by atoms with Gasteiger partial charge in [0.05, 0.1) is 11.0 Å². The molecule has 0 radical (unpaired) electrons. The number of carbonyl (C=O) groups is 1. The van der Waals surface area contributed by atoms with E-state index in [2.05, 4.69) is 16.8 Å². The lowest BCUT2D eigenvalue weighted by atomic mass is 9.76. The SMILES string of the molecule is CCC[C@@H]1C[C@H](n2c(=O)c(N3CC[C@@H]3C(=O)O)nc3ccccc32)CCN1C1C[C@H]2CCCC[C@@H](C1)C2. The molecule has 0 amide bonds. The number of rotatable bonds is 6. The van der Waals surface area contributed by atoms with Crippen LogP contribution in [0.5, 0.6) is 0 Å². The van der Waals surface area contributed by atoms with Crippen molar-refractivity contribution < 1.29 is 9.90 Å². The van der Waals surface area contributed by atoms with Gasteiger partial charge in [-0.2, -0.15) is 0 Å². The van der Waals surface area contributed by atoms with Crippen LogP contribution in [0.2, 0.25) is 0 Å². The second-order valence-electron chi connectivity index (χ2n) is 12.2. The Bertz CT molecular complexity index is 1180. The van der Waals surface area contributed by atoms with E-state index in [0.717, 1.165) is 48.7 Å². The molecule has 2 saturated carbocycles. The minimum atomic E-state index is -0.878. The predicted octanol–water partition coefficient (Wildman–Crippen LogP) is 5.22. The molecule has 0 spiro atoms. The summed E-state index contributed by atoms with van der Waals surface area (Å²) >= 11 is 0. The molecule has 1 aromatic heterocycles. The largest absolute Gasteiger partial charge is 0.480 e. The molecule has 2 aromatic rings. The van der Waals surface area contributed by atoms with Crippen molar-refractivity contribution in [2.75, 3.05) is 18.0 Å². The lowest BCUT2D eigenvalue weighted by Gasteiger charge is -2.48. The van der Waals surface area contributed by atoms with Gasteiger partial charge in [0.1, 0.15) is 6.04 Å². The molecule has 4 fully saturated rings. The first-order valence-corrected chi connectivity index (χ1v) is 14.8. The molecule has 200 valence electrons. The van der Waals surface area contributed by atoms with Gasteiger partial charge in [0, 0.05) is 31.2 Å². The van der Waals surface area contributed by atoms with Crippen molar-refractivity contribution in [3.05, 3.63) is 34.6 Å². The van der Waals surface area contributed by atoms with Gasteiger partial charge < -0.3 is 14.6 Å². The number of likely N-dealkylation sites (tertiary alicyclic amines) is 1. The zero-order chi connectivity index (χ0) is 25.5. The van der Waals surface area contributed by atoms with Crippen molar-refractivity contribution in [2.45, 2.75) is 108 Å². The molecular formula is C30H42N4O3. The van der Waals surface area contributed by atoms with Crippen molar-refractivity contribution in [3.8, 4) is 0 Å². The molecule has 7 nitrogen and oxygen atoms in total. The number of nitrogens with zero attached hydrogens (tertiary/aromatic N) is 4. The molecule has 1 aromatic carbocycles. The maximum absolute atomic E-state index is 14.0. The van der Waals surface area contributed by atoms with E-state index in [-0.39, 0.29) is 11.6 Å². The van der Waals surface area contributed by atoms with Crippen molar-refractivity contribution in [2.24, 2.45) is 11.8 Å². The van der Waals surface area contributed by atoms with Gasteiger partial charge in [-0.25, -0.2) is 9.78 Å². The zero-order valence-corrected chi connectivity index (χ0v) is 22.2. The Morgan fingerprint density at radius 3 is 2.41 bits per heavy atom. The van der Waals surface area contributed by atoms with Crippen LogP contribution >= 0.6 is 0 Å². The zero-order valence-electron chi connectivity index (χ0n) is 22.2. The topological polar surface area (TPSA) is 78.7 Å². The van der Waals surface area contributed by atoms with E-state index < -0.39 is 12.0 Å². The predicted molar refractivity (Wildman–Crippen MR) is 146 cm³/mol. The van der Waals surface area contributed by atoms with Crippen LogP contribution in [-0.4, -0.2) is 56.7 Å². The van der Waals surface area contributed by atoms with Crippen molar-refractivity contribution in [3.63, 3.8) is 0 Å². The highest BCUT2D eigenvalue weighted by atomic mass is 16.4. The first-order chi connectivity index (χ1) is 18.0. The molecule has 4 aliphatic rings. The van der Waals surface area contributed by atoms with E-state index in [9.17, 15) is 14.7 Å². The van der Waals surface area contributed by atoms with E-state index in [0.29, 0.717) is 30.9 Å². The smallest absolute Gasteiger partial charge is 0.326 e. The summed E-state index contributed by atoms with van der Waals surface area (Å²) in [5.41, 5.74) is 1.53. The van der Waals surface area contributed by atoms with Gasteiger partial charge in [-0.15, -0.1) is 0 Å². The van der Waals surface area contributed by atoms with Crippen molar-refractivity contribution >= 4 is 22.8 Å². The van der Waals surface area contributed by atoms with E-state index in [1.807, 2.05) is 28.8 Å². The van der Waals surface area contributed by atoms with E-state index >= 15 is 0 Å². The number of hydrogen-bond donors (Lipinski definition) is 1. The molecule has 2 aliphatic heterocycles. The van der Waals surface area contributed by atoms with Crippen LogP contribution in [0, 0.1) is 11.8 Å². The molecule has 2 bridgehead atoms. The molecule has 1 N–H and O–H groups in total. The van der Waals surface area contributed by atoms with Crippen LogP contribution in [0.3, 0.4) is 0 Å². The molecule has 2 saturated heterocycles. The summed E-state index contributed by atoms with van der Waals surface area (Å²) in [6, 6.07) is 8.53. The number of hydrogen-bond acceptors (Lipinski definition) is 5. The Labute approximate surface area is 219 Å². The average molecular weight is 507 g/mol. The summed E-state index contributed by atoms with van der Waals surface area (Å²) in [5.74, 6) is 1.23. The monoisotopic (exact) mass is 506 g/mol. The highest BCUT2D eigenvalue weighted by molar-refractivity contribution is 5.81. The fraction of sp³-hybridized carbons (Fsp3) is 0.700. The molecule has 6 atom stereocenters. The Hall–Kier alpha value is -2.41. The van der Waals surface area contributed by atoms with Crippen molar-refractivity contribution in [1.29, 1.82) is 0 Å². The number of benzene rings is 1. The molecule has 3 heterocycles. The van der Waals surface area contributed by atoms with E-state index in [1.54, 1.807) is 4.90 Å². The highest BCUT2D eigenvalue weighted by Crippen LogP contribution is 2.43. The van der Waals surface area contributed by atoms with Crippen LogP contribution in [0.25, 0.3) is 11.0 Å². The molecule has 6 rings (SSSR count). The molecule has 2 aliphatic carbocycles. The summed E-state index contributed by atoms with van der Waals surface area (Å²) in [7, 11) is 0. The Morgan fingerprint density at radius 2 is 1.73 bits per heavy atom. The average Bonchev–Trinajstić information content (AvgIpc) is 3.03. The van der Waals surface area contributed by atoms with Gasteiger partial charge in [-0.05, 0) is 68.9 Å². The summed E-state index contributed by atoms with van der Waals surface area (Å²) in [6.45, 7) is 3.89. The second kappa shape index (κ2) is 10.4. The number of fused-ring (bicyclic) bond motifs is 3. The van der Waals surface area contributed by atoms with Gasteiger partial charge in [0.15, 0.2) is 5.82 Å². The van der Waals surface area contributed by atoms with Gasteiger partial charge in [0.25, 0.3) is 5.56 Å². The van der Waals surface area contributed by atoms with Crippen LogP contribution < -0.4 is 10.5 Å². The summed E-state index contributed by atoms with van der Waals surface area (Å²) < 4.78 is 1.98. The summed E-state index contributed by atoms with van der Waals surface area (Å²) in [4.78, 5) is 34.9. The summed E-state index contributed by atoms with van der Waals surface area (Å²) in [5, 5.41) is 9.63. The number of anilines is 1. The Kier molecular flexibility index (Phi) is 6.99. The van der Waals surface area contributed by atoms with Crippen LogP contribution in [-0.2, 0) is 4.79 Å². The third kappa shape index (κ3) is 4.68. The fourth-order valence-electron chi connectivity index (χ4n) is 8.11. The molecule has 37 heavy (non-hydrogen) atoms. The molecule has 7 heteroatoms. The normalized spacial score (nSPS) is 32.6. The Balaban J connectivity index is 1.31. The van der Waals surface area contributed by atoms with Gasteiger partial charge >= 0.3 is 5.97 Å². The minimum absolute atomic E-state index is 0.113. The third-order valence-electron chi connectivity index (χ3n) is 9.90. The van der Waals surface area contributed by atoms with Crippen molar-refractivity contribution in [1.82, 2.24) is 14.5 Å². The maximum atomic E-state index is 14.0.